The fourth-order valence-electron chi connectivity index (χ4n) is 3.08. The number of rotatable bonds is 7. The van der Waals surface area contributed by atoms with Crippen molar-refractivity contribution < 1.29 is 9.18 Å². The van der Waals surface area contributed by atoms with Gasteiger partial charge in [-0.1, -0.05) is 19.9 Å². The van der Waals surface area contributed by atoms with Crippen LogP contribution in [0.5, 0.6) is 0 Å². The van der Waals surface area contributed by atoms with E-state index < -0.39 is 5.82 Å². The molecule has 0 unspecified atom stereocenters. The number of aryl methyl sites for hydroxylation is 1. The van der Waals surface area contributed by atoms with Crippen LogP contribution in [0.25, 0.3) is 11.2 Å². The molecule has 3 aromatic rings. The summed E-state index contributed by atoms with van der Waals surface area (Å²) in [5.41, 5.74) is 2.01. The molecule has 0 radical (unpaired) electrons. The van der Waals surface area contributed by atoms with E-state index in [1.54, 1.807) is 23.2 Å². The highest BCUT2D eigenvalue weighted by atomic mass is 19.1. The fraction of sp³-hybridized carbons (Fsp3) is 0.350. The first-order valence-electron chi connectivity index (χ1n) is 8.99. The van der Waals surface area contributed by atoms with E-state index in [1.807, 2.05) is 19.1 Å². The molecule has 26 heavy (non-hydrogen) atoms. The average Bonchev–Trinajstić information content (AvgIpc) is 2.98. The summed E-state index contributed by atoms with van der Waals surface area (Å²) in [7, 11) is 0. The van der Waals surface area contributed by atoms with Crippen molar-refractivity contribution in [3.63, 3.8) is 0 Å². The smallest absolute Gasteiger partial charge is 0.254 e. The Hall–Kier alpha value is -2.76. The lowest BCUT2D eigenvalue weighted by atomic mass is 10.2. The monoisotopic (exact) mass is 354 g/mol. The predicted octanol–water partition coefficient (Wildman–Crippen LogP) is 4.03. The van der Waals surface area contributed by atoms with E-state index in [9.17, 15) is 9.18 Å². The SMILES string of the molecule is CCCN(Cc1nc2cccnc2n1CCC)C(=O)c1cccc(F)c1. The lowest BCUT2D eigenvalue weighted by Crippen LogP contribution is -2.32. The molecule has 0 saturated carbocycles. The zero-order valence-electron chi connectivity index (χ0n) is 15.2. The van der Waals surface area contributed by atoms with Crippen molar-refractivity contribution in [1.82, 2.24) is 19.4 Å². The predicted molar refractivity (Wildman–Crippen MR) is 99.3 cm³/mol. The van der Waals surface area contributed by atoms with Crippen LogP contribution in [0, 0.1) is 5.82 Å². The summed E-state index contributed by atoms with van der Waals surface area (Å²) >= 11 is 0. The molecule has 136 valence electrons. The van der Waals surface area contributed by atoms with E-state index in [0.717, 1.165) is 36.4 Å². The van der Waals surface area contributed by atoms with Crippen molar-refractivity contribution in [3.8, 4) is 0 Å². The molecular weight excluding hydrogens is 331 g/mol. The van der Waals surface area contributed by atoms with E-state index in [1.165, 1.54) is 12.1 Å². The van der Waals surface area contributed by atoms with Crippen LogP contribution in [0.15, 0.2) is 42.6 Å². The normalized spacial score (nSPS) is 11.0. The molecule has 0 bridgehead atoms. The maximum Gasteiger partial charge on any atom is 0.254 e. The van der Waals surface area contributed by atoms with Gasteiger partial charge in [0.25, 0.3) is 5.91 Å². The lowest BCUT2D eigenvalue weighted by Gasteiger charge is -2.22. The Kier molecular flexibility index (Phi) is 5.61. The molecule has 0 aliphatic carbocycles. The minimum Gasteiger partial charge on any atom is -0.331 e. The number of imidazole rings is 1. The van der Waals surface area contributed by atoms with Crippen LogP contribution < -0.4 is 0 Å². The molecule has 5 nitrogen and oxygen atoms in total. The third-order valence-corrected chi connectivity index (χ3v) is 4.21. The number of aromatic nitrogens is 3. The Morgan fingerprint density at radius 3 is 2.77 bits per heavy atom. The maximum absolute atomic E-state index is 13.5. The van der Waals surface area contributed by atoms with Gasteiger partial charge in [0, 0.05) is 24.8 Å². The number of hydrogen-bond acceptors (Lipinski definition) is 3. The Labute approximate surface area is 152 Å². The summed E-state index contributed by atoms with van der Waals surface area (Å²) in [5.74, 6) is 0.211. The van der Waals surface area contributed by atoms with Gasteiger partial charge < -0.3 is 9.47 Å². The van der Waals surface area contributed by atoms with Crippen molar-refractivity contribution in [1.29, 1.82) is 0 Å². The second-order valence-corrected chi connectivity index (χ2v) is 6.26. The topological polar surface area (TPSA) is 51.0 Å². The number of halogens is 1. The third-order valence-electron chi connectivity index (χ3n) is 4.21. The molecule has 2 heterocycles. The van der Waals surface area contributed by atoms with Gasteiger partial charge in [0.2, 0.25) is 0 Å². The Balaban J connectivity index is 1.94. The molecular formula is C20H23FN4O. The van der Waals surface area contributed by atoms with E-state index in [4.69, 9.17) is 0 Å². The van der Waals surface area contributed by atoms with Crippen molar-refractivity contribution in [2.75, 3.05) is 6.54 Å². The second-order valence-electron chi connectivity index (χ2n) is 6.26. The molecule has 0 atom stereocenters. The summed E-state index contributed by atoms with van der Waals surface area (Å²) in [5, 5.41) is 0. The number of benzene rings is 1. The van der Waals surface area contributed by atoms with Gasteiger partial charge in [0.05, 0.1) is 6.54 Å². The van der Waals surface area contributed by atoms with Gasteiger partial charge in [-0.15, -0.1) is 0 Å². The van der Waals surface area contributed by atoms with Crippen LogP contribution in [0.1, 0.15) is 42.9 Å². The number of pyridine rings is 1. The van der Waals surface area contributed by atoms with Crippen molar-refractivity contribution in [2.45, 2.75) is 39.8 Å². The first-order valence-corrected chi connectivity index (χ1v) is 8.99. The number of nitrogens with zero attached hydrogens (tertiary/aromatic N) is 4. The van der Waals surface area contributed by atoms with Crippen LogP contribution in [-0.2, 0) is 13.1 Å². The molecule has 0 fully saturated rings. The molecule has 6 heteroatoms. The molecule has 3 rings (SSSR count). The quantitative estimate of drug-likeness (QED) is 0.644. The molecule has 0 aliphatic rings. The Morgan fingerprint density at radius 1 is 1.19 bits per heavy atom. The lowest BCUT2D eigenvalue weighted by molar-refractivity contribution is 0.0736. The van der Waals surface area contributed by atoms with Crippen molar-refractivity contribution in [3.05, 3.63) is 59.8 Å². The minimum absolute atomic E-state index is 0.186. The van der Waals surface area contributed by atoms with E-state index >= 15 is 0 Å². The largest absolute Gasteiger partial charge is 0.331 e. The second kappa shape index (κ2) is 8.08. The van der Waals surface area contributed by atoms with Crippen LogP contribution in [0.4, 0.5) is 4.39 Å². The van der Waals surface area contributed by atoms with Gasteiger partial charge in [-0.25, -0.2) is 14.4 Å². The van der Waals surface area contributed by atoms with Gasteiger partial charge >= 0.3 is 0 Å². The Morgan fingerprint density at radius 2 is 2.04 bits per heavy atom. The maximum atomic E-state index is 13.5. The number of carbonyl (C=O) groups is 1. The summed E-state index contributed by atoms with van der Waals surface area (Å²) < 4.78 is 15.6. The zero-order chi connectivity index (χ0) is 18.5. The molecule has 2 aromatic heterocycles. The van der Waals surface area contributed by atoms with Gasteiger partial charge in [-0.3, -0.25) is 4.79 Å². The van der Waals surface area contributed by atoms with Crippen molar-refractivity contribution >= 4 is 17.1 Å². The minimum atomic E-state index is -0.408. The fourth-order valence-corrected chi connectivity index (χ4v) is 3.08. The Bertz CT molecular complexity index is 906. The van der Waals surface area contributed by atoms with E-state index in [0.29, 0.717) is 18.7 Å². The van der Waals surface area contributed by atoms with Gasteiger partial charge in [-0.2, -0.15) is 0 Å². The standard InChI is InChI=1S/C20H23FN4O/c1-3-11-24(20(26)15-7-5-8-16(21)13-15)14-18-23-17-9-6-10-22-19(17)25(18)12-4-2/h5-10,13H,3-4,11-12,14H2,1-2H3. The first kappa shape index (κ1) is 18.0. The summed E-state index contributed by atoms with van der Waals surface area (Å²) in [6.07, 6.45) is 3.51. The molecule has 1 aromatic carbocycles. The highest BCUT2D eigenvalue weighted by molar-refractivity contribution is 5.94. The number of carbonyl (C=O) groups excluding carboxylic acids is 1. The van der Waals surface area contributed by atoms with Crippen molar-refractivity contribution in [2.24, 2.45) is 0 Å². The van der Waals surface area contributed by atoms with E-state index in [2.05, 4.69) is 21.5 Å². The summed E-state index contributed by atoms with van der Waals surface area (Å²) in [6, 6.07) is 9.61. The third kappa shape index (κ3) is 3.74. The highest BCUT2D eigenvalue weighted by Gasteiger charge is 2.20. The highest BCUT2D eigenvalue weighted by Crippen LogP contribution is 2.17. The summed E-state index contributed by atoms with van der Waals surface area (Å²) in [4.78, 5) is 23.7. The van der Waals surface area contributed by atoms with Crippen LogP contribution in [0.3, 0.4) is 0 Å². The molecule has 0 spiro atoms. The van der Waals surface area contributed by atoms with Crippen LogP contribution in [-0.4, -0.2) is 31.9 Å². The number of hydrogen-bond donors (Lipinski definition) is 0. The van der Waals surface area contributed by atoms with E-state index in [-0.39, 0.29) is 5.91 Å². The average molecular weight is 354 g/mol. The first-order chi connectivity index (χ1) is 12.6. The molecule has 0 aliphatic heterocycles. The van der Waals surface area contributed by atoms with Gasteiger partial charge in [-0.05, 0) is 43.2 Å². The zero-order valence-corrected chi connectivity index (χ0v) is 15.2. The number of amides is 1. The van der Waals surface area contributed by atoms with Gasteiger partial charge in [0.15, 0.2) is 5.65 Å². The van der Waals surface area contributed by atoms with Gasteiger partial charge in [0.1, 0.15) is 17.2 Å². The van der Waals surface area contributed by atoms with Crippen LogP contribution >= 0.6 is 0 Å². The molecule has 0 saturated heterocycles. The molecule has 1 amide bonds. The molecule has 0 N–H and O–H groups in total. The van der Waals surface area contributed by atoms with Crippen LogP contribution in [0.2, 0.25) is 0 Å². The number of fused-ring (bicyclic) bond motifs is 1. The summed E-state index contributed by atoms with van der Waals surface area (Å²) in [6.45, 7) is 5.86.